The average Bonchev–Trinajstić information content (AvgIpc) is 2.92. The van der Waals surface area contributed by atoms with Crippen molar-refractivity contribution in [3.63, 3.8) is 0 Å². The lowest BCUT2D eigenvalue weighted by Crippen LogP contribution is -2.42. The molecule has 0 spiro atoms. The molecule has 0 amide bonds. The average molecular weight is 345 g/mol. The molecule has 134 valence electrons. The van der Waals surface area contributed by atoms with Crippen LogP contribution in [0.3, 0.4) is 0 Å². The highest BCUT2D eigenvalue weighted by Gasteiger charge is 2.50. The van der Waals surface area contributed by atoms with Gasteiger partial charge in [0.15, 0.2) is 0 Å². The molecule has 2 aliphatic rings. The molecular formula is C17H22F3NO3. The SMILES string of the molecule is COc1ccc2c(c1)OC[C@]1(CO)CN(CCCC(F)(F)F)C[C@H]21. The van der Waals surface area contributed by atoms with Crippen LogP contribution < -0.4 is 9.47 Å². The van der Waals surface area contributed by atoms with Crippen molar-refractivity contribution < 1.29 is 27.8 Å². The van der Waals surface area contributed by atoms with Crippen molar-refractivity contribution in [1.82, 2.24) is 4.90 Å². The second kappa shape index (κ2) is 6.44. The number of halogens is 3. The fraction of sp³-hybridized carbons (Fsp3) is 0.647. The molecule has 2 aliphatic heterocycles. The van der Waals surface area contributed by atoms with E-state index in [1.807, 2.05) is 23.1 Å². The van der Waals surface area contributed by atoms with Crippen LogP contribution in [-0.2, 0) is 0 Å². The highest BCUT2D eigenvalue weighted by molar-refractivity contribution is 5.46. The number of likely N-dealkylation sites (tertiary alicyclic amines) is 1. The highest BCUT2D eigenvalue weighted by atomic mass is 19.4. The first-order chi connectivity index (χ1) is 11.4. The van der Waals surface area contributed by atoms with E-state index in [9.17, 15) is 18.3 Å². The molecule has 1 N–H and O–H groups in total. The van der Waals surface area contributed by atoms with Gasteiger partial charge in [-0.3, -0.25) is 0 Å². The van der Waals surface area contributed by atoms with Gasteiger partial charge in [0, 0.05) is 36.9 Å². The van der Waals surface area contributed by atoms with E-state index in [0.717, 1.165) is 11.3 Å². The molecule has 0 radical (unpaired) electrons. The Bertz CT molecular complexity index is 593. The van der Waals surface area contributed by atoms with Gasteiger partial charge in [-0.1, -0.05) is 6.07 Å². The molecule has 2 heterocycles. The second-order valence-corrected chi connectivity index (χ2v) is 6.72. The quantitative estimate of drug-likeness (QED) is 0.891. The molecule has 1 fully saturated rings. The fourth-order valence-corrected chi connectivity index (χ4v) is 3.80. The topological polar surface area (TPSA) is 41.9 Å². The molecule has 1 aromatic carbocycles. The van der Waals surface area contributed by atoms with Gasteiger partial charge in [0.05, 0.1) is 20.3 Å². The van der Waals surface area contributed by atoms with Crippen molar-refractivity contribution in [3.8, 4) is 11.5 Å². The van der Waals surface area contributed by atoms with E-state index in [2.05, 4.69) is 0 Å². The van der Waals surface area contributed by atoms with Crippen LogP contribution in [0, 0.1) is 5.41 Å². The Hall–Kier alpha value is -1.47. The highest BCUT2D eigenvalue weighted by Crippen LogP contribution is 2.50. The number of aliphatic hydroxyl groups is 1. The summed E-state index contributed by atoms with van der Waals surface area (Å²) in [7, 11) is 1.58. The summed E-state index contributed by atoms with van der Waals surface area (Å²) < 4.78 is 48.1. The van der Waals surface area contributed by atoms with Gasteiger partial charge in [-0.2, -0.15) is 13.2 Å². The van der Waals surface area contributed by atoms with Gasteiger partial charge in [-0.05, 0) is 24.6 Å². The van der Waals surface area contributed by atoms with E-state index in [0.29, 0.717) is 32.0 Å². The maximum absolute atomic E-state index is 12.3. The fourth-order valence-electron chi connectivity index (χ4n) is 3.80. The Balaban J connectivity index is 1.74. The standard InChI is InChI=1S/C17H22F3NO3/c1-23-12-3-4-13-14-8-21(6-2-5-17(18,19)20)9-16(14,10-22)11-24-15(13)7-12/h3-4,7,14,22H,2,5-6,8-11H2,1H3/t14-,16-/m1/s1. The van der Waals surface area contributed by atoms with E-state index in [-0.39, 0.29) is 18.9 Å². The first-order valence-corrected chi connectivity index (χ1v) is 8.07. The summed E-state index contributed by atoms with van der Waals surface area (Å²) in [5.41, 5.74) is 0.550. The van der Waals surface area contributed by atoms with Crippen molar-refractivity contribution in [2.45, 2.75) is 24.9 Å². The molecule has 24 heavy (non-hydrogen) atoms. The minimum absolute atomic E-state index is 0.0428. The number of alkyl halides is 3. The molecule has 3 rings (SSSR count). The van der Waals surface area contributed by atoms with E-state index >= 15 is 0 Å². The lowest BCUT2D eigenvalue weighted by Gasteiger charge is -2.38. The molecule has 2 atom stereocenters. The van der Waals surface area contributed by atoms with Crippen LogP contribution in [0.25, 0.3) is 0 Å². The molecular weight excluding hydrogens is 323 g/mol. The Morgan fingerprint density at radius 2 is 2.21 bits per heavy atom. The lowest BCUT2D eigenvalue weighted by molar-refractivity contribution is -0.136. The van der Waals surface area contributed by atoms with E-state index in [1.54, 1.807) is 7.11 Å². The van der Waals surface area contributed by atoms with Crippen LogP contribution in [-0.4, -0.2) is 56.1 Å². The van der Waals surface area contributed by atoms with Gasteiger partial charge in [-0.15, -0.1) is 0 Å². The number of hydrogen-bond donors (Lipinski definition) is 1. The maximum Gasteiger partial charge on any atom is 0.389 e. The van der Waals surface area contributed by atoms with Crippen LogP contribution in [0.15, 0.2) is 18.2 Å². The zero-order valence-corrected chi connectivity index (χ0v) is 13.6. The Labute approximate surface area is 139 Å². The van der Waals surface area contributed by atoms with Crippen LogP contribution >= 0.6 is 0 Å². The van der Waals surface area contributed by atoms with E-state index in [1.165, 1.54) is 0 Å². The van der Waals surface area contributed by atoms with Crippen molar-refractivity contribution in [2.75, 3.05) is 40.0 Å². The summed E-state index contributed by atoms with van der Waals surface area (Å²) in [5, 5.41) is 9.94. The molecule has 4 nitrogen and oxygen atoms in total. The normalized spacial score (nSPS) is 26.6. The number of ether oxygens (including phenoxy) is 2. The summed E-state index contributed by atoms with van der Waals surface area (Å²) in [6, 6.07) is 5.60. The third-order valence-electron chi connectivity index (χ3n) is 5.08. The van der Waals surface area contributed by atoms with Gasteiger partial charge in [0.25, 0.3) is 0 Å². The van der Waals surface area contributed by atoms with Crippen molar-refractivity contribution >= 4 is 0 Å². The second-order valence-electron chi connectivity index (χ2n) is 6.72. The molecule has 1 aromatic rings. The van der Waals surface area contributed by atoms with Gasteiger partial charge in [0.2, 0.25) is 0 Å². The third-order valence-corrected chi connectivity index (χ3v) is 5.08. The number of nitrogens with zero attached hydrogens (tertiary/aromatic N) is 1. The number of benzene rings is 1. The molecule has 0 bridgehead atoms. The van der Waals surface area contributed by atoms with Gasteiger partial charge in [0.1, 0.15) is 11.5 Å². The molecule has 1 saturated heterocycles. The molecule has 0 saturated carbocycles. The number of hydrogen-bond acceptors (Lipinski definition) is 4. The predicted octanol–water partition coefficient (Wildman–Crippen LogP) is 2.81. The van der Waals surface area contributed by atoms with Crippen LogP contribution in [0.5, 0.6) is 11.5 Å². The summed E-state index contributed by atoms with van der Waals surface area (Å²) in [5.74, 6) is 1.49. The van der Waals surface area contributed by atoms with E-state index in [4.69, 9.17) is 9.47 Å². The number of methoxy groups -OCH3 is 1. The Morgan fingerprint density at radius 1 is 1.42 bits per heavy atom. The van der Waals surface area contributed by atoms with E-state index < -0.39 is 18.0 Å². The Kier molecular flexibility index (Phi) is 4.66. The van der Waals surface area contributed by atoms with Crippen molar-refractivity contribution in [3.05, 3.63) is 23.8 Å². The molecule has 7 heteroatoms. The first-order valence-electron chi connectivity index (χ1n) is 8.07. The molecule has 0 aromatic heterocycles. The van der Waals surface area contributed by atoms with Crippen molar-refractivity contribution in [2.24, 2.45) is 5.41 Å². The number of fused-ring (bicyclic) bond motifs is 3. The largest absolute Gasteiger partial charge is 0.497 e. The maximum atomic E-state index is 12.3. The third kappa shape index (κ3) is 3.32. The monoisotopic (exact) mass is 345 g/mol. The smallest absolute Gasteiger partial charge is 0.389 e. The van der Waals surface area contributed by atoms with Crippen LogP contribution in [0.4, 0.5) is 13.2 Å². The lowest BCUT2D eigenvalue weighted by atomic mass is 9.74. The summed E-state index contributed by atoms with van der Waals surface area (Å²) in [4.78, 5) is 2.01. The zero-order valence-electron chi connectivity index (χ0n) is 13.6. The van der Waals surface area contributed by atoms with Crippen molar-refractivity contribution in [1.29, 1.82) is 0 Å². The number of rotatable bonds is 5. The zero-order chi connectivity index (χ0) is 17.4. The molecule has 0 unspecified atom stereocenters. The van der Waals surface area contributed by atoms with Crippen LogP contribution in [0.1, 0.15) is 24.3 Å². The van der Waals surface area contributed by atoms with Gasteiger partial charge >= 0.3 is 6.18 Å². The minimum Gasteiger partial charge on any atom is -0.497 e. The summed E-state index contributed by atoms with van der Waals surface area (Å²) >= 11 is 0. The summed E-state index contributed by atoms with van der Waals surface area (Å²) in [6.45, 7) is 1.89. The minimum atomic E-state index is -4.12. The molecule has 0 aliphatic carbocycles. The van der Waals surface area contributed by atoms with Crippen LogP contribution in [0.2, 0.25) is 0 Å². The summed E-state index contributed by atoms with van der Waals surface area (Å²) in [6.07, 6.45) is -4.81. The van der Waals surface area contributed by atoms with Gasteiger partial charge in [-0.25, -0.2) is 0 Å². The predicted molar refractivity (Wildman–Crippen MR) is 82.5 cm³/mol. The van der Waals surface area contributed by atoms with Gasteiger partial charge < -0.3 is 19.5 Å². The first kappa shape index (κ1) is 17.4. The number of aliphatic hydroxyl groups excluding tert-OH is 1. The Morgan fingerprint density at radius 3 is 2.88 bits per heavy atom.